The summed E-state index contributed by atoms with van der Waals surface area (Å²) in [6.07, 6.45) is 0. The number of nitriles is 1. The molecule has 3 rings (SSSR count). The third-order valence-corrected chi connectivity index (χ3v) is 4.81. The molecule has 0 radical (unpaired) electrons. The summed E-state index contributed by atoms with van der Waals surface area (Å²) in [4.78, 5) is 16.0. The number of rotatable bonds is 2. The highest BCUT2D eigenvalue weighted by Crippen LogP contribution is 2.23. The standard InChI is InChI=1S/C19H18ClFN4O/c1-13-2-4-15(11-16(13)20)23-19(26)25-8-6-24(7-9-25)18-5-3-14(12-22)10-17(18)21/h2-5,10-11H,6-9H2,1H3,(H,23,26). The Morgan fingerprint density at radius 2 is 1.92 bits per heavy atom. The van der Waals surface area contributed by atoms with Crippen LogP contribution in [0.4, 0.5) is 20.6 Å². The van der Waals surface area contributed by atoms with Crippen molar-refractivity contribution in [3.8, 4) is 6.07 Å². The summed E-state index contributed by atoms with van der Waals surface area (Å²) >= 11 is 6.08. The summed E-state index contributed by atoms with van der Waals surface area (Å²) < 4.78 is 14.1. The van der Waals surface area contributed by atoms with Crippen LogP contribution in [0.25, 0.3) is 0 Å². The van der Waals surface area contributed by atoms with E-state index in [2.05, 4.69) is 5.32 Å². The van der Waals surface area contributed by atoms with Crippen LogP contribution in [0.5, 0.6) is 0 Å². The molecule has 26 heavy (non-hydrogen) atoms. The number of amides is 2. The fourth-order valence-corrected chi connectivity index (χ4v) is 3.04. The van der Waals surface area contributed by atoms with Crippen molar-refractivity contribution in [2.75, 3.05) is 36.4 Å². The van der Waals surface area contributed by atoms with E-state index in [1.807, 2.05) is 30.0 Å². The van der Waals surface area contributed by atoms with Gasteiger partial charge < -0.3 is 15.1 Å². The van der Waals surface area contributed by atoms with Gasteiger partial charge >= 0.3 is 6.03 Å². The van der Waals surface area contributed by atoms with Crippen molar-refractivity contribution in [1.82, 2.24) is 4.90 Å². The molecule has 0 unspecified atom stereocenters. The van der Waals surface area contributed by atoms with Crippen LogP contribution in [0.3, 0.4) is 0 Å². The van der Waals surface area contributed by atoms with Crippen molar-refractivity contribution in [1.29, 1.82) is 5.26 Å². The molecule has 0 bridgehead atoms. The number of hydrogen-bond acceptors (Lipinski definition) is 3. The number of carbonyl (C=O) groups is 1. The molecule has 2 aromatic rings. The Bertz CT molecular complexity index is 872. The van der Waals surface area contributed by atoms with Crippen LogP contribution in [0.1, 0.15) is 11.1 Å². The molecule has 0 saturated carbocycles. The molecule has 1 aliphatic rings. The Morgan fingerprint density at radius 3 is 2.54 bits per heavy atom. The number of carbonyl (C=O) groups excluding carboxylic acids is 1. The minimum absolute atomic E-state index is 0.204. The monoisotopic (exact) mass is 372 g/mol. The fraction of sp³-hybridized carbons (Fsp3) is 0.263. The zero-order chi connectivity index (χ0) is 18.7. The van der Waals surface area contributed by atoms with Gasteiger partial charge in [-0.3, -0.25) is 0 Å². The van der Waals surface area contributed by atoms with Crippen LogP contribution in [0.2, 0.25) is 5.02 Å². The highest BCUT2D eigenvalue weighted by Gasteiger charge is 2.23. The number of hydrogen-bond donors (Lipinski definition) is 1. The summed E-state index contributed by atoms with van der Waals surface area (Å²) in [5.74, 6) is -0.420. The zero-order valence-electron chi connectivity index (χ0n) is 14.3. The average Bonchev–Trinajstić information content (AvgIpc) is 2.64. The van der Waals surface area contributed by atoms with E-state index in [1.165, 1.54) is 6.07 Å². The Hall–Kier alpha value is -2.78. The van der Waals surface area contributed by atoms with Crippen LogP contribution in [-0.4, -0.2) is 37.1 Å². The molecule has 0 aromatic heterocycles. The summed E-state index contributed by atoms with van der Waals surface area (Å²) in [5.41, 5.74) is 2.34. The number of nitrogens with zero attached hydrogens (tertiary/aromatic N) is 3. The van der Waals surface area contributed by atoms with E-state index < -0.39 is 5.82 Å². The van der Waals surface area contributed by atoms with Crippen LogP contribution >= 0.6 is 11.6 Å². The number of piperazine rings is 1. The van der Waals surface area contributed by atoms with E-state index in [4.69, 9.17) is 16.9 Å². The second-order valence-corrected chi connectivity index (χ2v) is 6.55. The van der Waals surface area contributed by atoms with E-state index in [1.54, 1.807) is 23.1 Å². The van der Waals surface area contributed by atoms with Gasteiger partial charge in [0.25, 0.3) is 0 Å². The van der Waals surface area contributed by atoms with Crippen LogP contribution in [0.15, 0.2) is 36.4 Å². The van der Waals surface area contributed by atoms with Gasteiger partial charge in [0.15, 0.2) is 0 Å². The minimum atomic E-state index is -0.420. The summed E-state index contributed by atoms with van der Waals surface area (Å²) in [5, 5.41) is 12.3. The Labute approximate surface area is 156 Å². The SMILES string of the molecule is Cc1ccc(NC(=O)N2CCN(c3ccc(C#N)cc3F)CC2)cc1Cl. The Morgan fingerprint density at radius 1 is 1.19 bits per heavy atom. The molecule has 5 nitrogen and oxygen atoms in total. The largest absolute Gasteiger partial charge is 0.366 e. The van der Waals surface area contributed by atoms with Gasteiger partial charge in [-0.1, -0.05) is 17.7 Å². The summed E-state index contributed by atoms with van der Waals surface area (Å²) in [7, 11) is 0. The molecule has 1 N–H and O–H groups in total. The molecular weight excluding hydrogens is 355 g/mol. The predicted octanol–water partition coefficient (Wildman–Crippen LogP) is 4.01. The predicted molar refractivity (Wildman–Crippen MR) is 100 cm³/mol. The first-order valence-electron chi connectivity index (χ1n) is 8.24. The maximum atomic E-state index is 14.1. The molecule has 7 heteroatoms. The third kappa shape index (κ3) is 3.89. The number of aryl methyl sites for hydroxylation is 1. The lowest BCUT2D eigenvalue weighted by Gasteiger charge is -2.36. The quantitative estimate of drug-likeness (QED) is 0.866. The molecule has 0 spiro atoms. The van der Waals surface area contributed by atoms with Gasteiger partial charge in [0, 0.05) is 36.9 Å². The molecule has 134 valence electrons. The van der Waals surface area contributed by atoms with Crippen LogP contribution in [-0.2, 0) is 0 Å². The van der Waals surface area contributed by atoms with Gasteiger partial charge in [0.05, 0.1) is 17.3 Å². The molecule has 0 aliphatic carbocycles. The van der Waals surface area contributed by atoms with Gasteiger partial charge in [-0.2, -0.15) is 5.26 Å². The van der Waals surface area contributed by atoms with Gasteiger partial charge in [-0.15, -0.1) is 0 Å². The third-order valence-electron chi connectivity index (χ3n) is 4.41. The fourth-order valence-electron chi connectivity index (χ4n) is 2.86. The first-order valence-corrected chi connectivity index (χ1v) is 8.62. The molecule has 2 amide bonds. The first-order chi connectivity index (χ1) is 12.5. The maximum absolute atomic E-state index is 14.1. The zero-order valence-corrected chi connectivity index (χ0v) is 15.1. The average molecular weight is 373 g/mol. The topological polar surface area (TPSA) is 59.4 Å². The van der Waals surface area contributed by atoms with Crippen molar-refractivity contribution in [2.45, 2.75) is 6.92 Å². The van der Waals surface area contributed by atoms with Gasteiger partial charge in [-0.05, 0) is 42.8 Å². The lowest BCUT2D eigenvalue weighted by Crippen LogP contribution is -2.50. The lowest BCUT2D eigenvalue weighted by molar-refractivity contribution is 0.208. The summed E-state index contributed by atoms with van der Waals surface area (Å²) in [6.45, 7) is 3.89. The van der Waals surface area contributed by atoms with Crippen molar-refractivity contribution in [2.24, 2.45) is 0 Å². The van der Waals surface area contributed by atoms with Crippen molar-refractivity contribution < 1.29 is 9.18 Å². The van der Waals surface area contributed by atoms with Crippen LogP contribution < -0.4 is 10.2 Å². The second kappa shape index (κ2) is 7.63. The lowest BCUT2D eigenvalue weighted by atomic mass is 10.2. The Balaban J connectivity index is 1.60. The normalized spacial score (nSPS) is 14.1. The molecule has 0 atom stereocenters. The van der Waals surface area contributed by atoms with E-state index in [0.29, 0.717) is 48.1 Å². The number of urea groups is 1. The second-order valence-electron chi connectivity index (χ2n) is 6.15. The van der Waals surface area contributed by atoms with Crippen molar-refractivity contribution in [3.63, 3.8) is 0 Å². The molecule has 1 aliphatic heterocycles. The van der Waals surface area contributed by atoms with E-state index >= 15 is 0 Å². The highest BCUT2D eigenvalue weighted by molar-refractivity contribution is 6.31. The van der Waals surface area contributed by atoms with E-state index in [0.717, 1.165) is 5.56 Å². The number of benzene rings is 2. The molecule has 1 saturated heterocycles. The summed E-state index contributed by atoms with van der Waals surface area (Å²) in [6, 6.07) is 11.5. The first kappa shape index (κ1) is 18.0. The van der Waals surface area contributed by atoms with Crippen molar-refractivity contribution in [3.05, 3.63) is 58.4 Å². The number of halogens is 2. The minimum Gasteiger partial charge on any atom is -0.366 e. The molecular formula is C19H18ClFN4O. The number of nitrogens with one attached hydrogen (secondary N) is 1. The molecule has 1 heterocycles. The molecule has 1 fully saturated rings. The van der Waals surface area contributed by atoms with Gasteiger partial charge in [-0.25, -0.2) is 9.18 Å². The molecule has 2 aromatic carbocycles. The highest BCUT2D eigenvalue weighted by atomic mass is 35.5. The Kier molecular flexibility index (Phi) is 5.29. The van der Waals surface area contributed by atoms with E-state index in [9.17, 15) is 9.18 Å². The smallest absolute Gasteiger partial charge is 0.321 e. The van der Waals surface area contributed by atoms with Gasteiger partial charge in [0.1, 0.15) is 5.82 Å². The van der Waals surface area contributed by atoms with Crippen molar-refractivity contribution >= 4 is 29.0 Å². The van der Waals surface area contributed by atoms with E-state index in [-0.39, 0.29) is 6.03 Å². The number of anilines is 2. The maximum Gasteiger partial charge on any atom is 0.321 e. The van der Waals surface area contributed by atoms with Gasteiger partial charge in [0.2, 0.25) is 0 Å². The van der Waals surface area contributed by atoms with Crippen LogP contribution in [0, 0.1) is 24.1 Å².